The molecule has 0 atom stereocenters. The minimum Gasteiger partial charge on any atom is -0.351 e. The summed E-state index contributed by atoms with van der Waals surface area (Å²) >= 11 is 5.41. The van der Waals surface area contributed by atoms with Crippen LogP contribution in [-0.4, -0.2) is 17.7 Å². The Morgan fingerprint density at radius 2 is 1.94 bits per heavy atom. The van der Waals surface area contributed by atoms with Crippen LogP contribution in [0.1, 0.15) is 23.6 Å². The summed E-state index contributed by atoms with van der Waals surface area (Å²) in [6, 6.07) is 3.85. The minimum atomic E-state index is -0.210. The summed E-state index contributed by atoms with van der Waals surface area (Å²) in [6.45, 7) is 5.73. The number of carbonyl (C=O) groups excluding carboxylic acids is 2. The van der Waals surface area contributed by atoms with Gasteiger partial charge in [0.05, 0.1) is 0 Å². The first-order valence-corrected chi connectivity index (χ1v) is 6.18. The van der Waals surface area contributed by atoms with Crippen molar-refractivity contribution in [3.8, 4) is 0 Å². The molecule has 0 aromatic heterocycles. The van der Waals surface area contributed by atoms with Crippen molar-refractivity contribution in [2.24, 2.45) is 0 Å². The predicted octanol–water partition coefficient (Wildman–Crippen LogP) is 2.12. The average molecular weight is 269 g/mol. The SMILES string of the molecule is CC(=O)Nc1c(C)ccc(CNC(=O)CCl)c1C. The standard InChI is InChI=1S/C13H17ClN2O2/c1-8-4-5-11(7-15-12(18)6-14)9(2)13(8)16-10(3)17/h4-5H,6-7H2,1-3H3,(H,15,18)(H,16,17). The summed E-state index contributed by atoms with van der Waals surface area (Å²) in [6.07, 6.45) is 0. The highest BCUT2D eigenvalue weighted by Gasteiger charge is 2.09. The van der Waals surface area contributed by atoms with E-state index in [1.807, 2.05) is 26.0 Å². The van der Waals surface area contributed by atoms with Gasteiger partial charge in [-0.05, 0) is 30.5 Å². The third-order valence-corrected chi connectivity index (χ3v) is 2.93. The topological polar surface area (TPSA) is 58.2 Å². The maximum Gasteiger partial charge on any atom is 0.235 e. The van der Waals surface area contributed by atoms with Gasteiger partial charge >= 0.3 is 0 Å². The van der Waals surface area contributed by atoms with Crippen LogP contribution in [0.5, 0.6) is 0 Å². The van der Waals surface area contributed by atoms with Gasteiger partial charge in [0.2, 0.25) is 11.8 Å². The Kier molecular flexibility index (Phi) is 5.16. The quantitative estimate of drug-likeness (QED) is 0.822. The summed E-state index contributed by atoms with van der Waals surface area (Å²) in [5.41, 5.74) is 3.72. The zero-order valence-electron chi connectivity index (χ0n) is 10.8. The number of benzene rings is 1. The molecule has 0 unspecified atom stereocenters. The minimum absolute atomic E-state index is 0.0521. The van der Waals surface area contributed by atoms with Crippen LogP contribution in [0.2, 0.25) is 0 Å². The van der Waals surface area contributed by atoms with E-state index in [1.165, 1.54) is 6.92 Å². The zero-order chi connectivity index (χ0) is 13.7. The molecule has 1 aromatic rings. The van der Waals surface area contributed by atoms with E-state index in [2.05, 4.69) is 10.6 Å². The van der Waals surface area contributed by atoms with Crippen molar-refractivity contribution in [2.75, 3.05) is 11.2 Å². The largest absolute Gasteiger partial charge is 0.351 e. The van der Waals surface area contributed by atoms with Gasteiger partial charge in [0, 0.05) is 19.2 Å². The number of aryl methyl sites for hydroxylation is 1. The van der Waals surface area contributed by atoms with Crippen molar-refractivity contribution in [2.45, 2.75) is 27.3 Å². The van der Waals surface area contributed by atoms with Crippen molar-refractivity contribution in [1.29, 1.82) is 0 Å². The highest BCUT2D eigenvalue weighted by Crippen LogP contribution is 2.23. The van der Waals surface area contributed by atoms with Crippen LogP contribution in [-0.2, 0) is 16.1 Å². The van der Waals surface area contributed by atoms with Gasteiger partial charge in [-0.25, -0.2) is 0 Å². The van der Waals surface area contributed by atoms with Crippen LogP contribution in [0.15, 0.2) is 12.1 Å². The smallest absolute Gasteiger partial charge is 0.235 e. The monoisotopic (exact) mass is 268 g/mol. The third-order valence-electron chi connectivity index (χ3n) is 2.68. The number of nitrogens with one attached hydrogen (secondary N) is 2. The molecule has 5 heteroatoms. The van der Waals surface area contributed by atoms with E-state index in [1.54, 1.807) is 0 Å². The molecule has 0 radical (unpaired) electrons. The Bertz CT molecular complexity index is 472. The average Bonchev–Trinajstić information content (AvgIpc) is 2.32. The van der Waals surface area contributed by atoms with Crippen molar-refractivity contribution in [3.05, 3.63) is 28.8 Å². The number of rotatable bonds is 4. The molecule has 0 saturated heterocycles. The number of halogens is 1. The van der Waals surface area contributed by atoms with E-state index in [0.29, 0.717) is 6.54 Å². The number of hydrogen-bond donors (Lipinski definition) is 2. The van der Waals surface area contributed by atoms with Gasteiger partial charge in [-0.15, -0.1) is 11.6 Å². The lowest BCUT2D eigenvalue weighted by Crippen LogP contribution is -2.24. The molecule has 4 nitrogen and oxygen atoms in total. The lowest BCUT2D eigenvalue weighted by Gasteiger charge is -2.15. The highest BCUT2D eigenvalue weighted by molar-refractivity contribution is 6.27. The Labute approximate surface area is 112 Å². The van der Waals surface area contributed by atoms with Gasteiger partial charge in [0.1, 0.15) is 5.88 Å². The van der Waals surface area contributed by atoms with E-state index in [-0.39, 0.29) is 17.7 Å². The first-order chi connectivity index (χ1) is 8.45. The molecular weight excluding hydrogens is 252 g/mol. The lowest BCUT2D eigenvalue weighted by atomic mass is 10.0. The molecule has 98 valence electrons. The highest BCUT2D eigenvalue weighted by atomic mass is 35.5. The zero-order valence-corrected chi connectivity index (χ0v) is 11.5. The fourth-order valence-corrected chi connectivity index (χ4v) is 1.79. The molecule has 2 N–H and O–H groups in total. The van der Waals surface area contributed by atoms with Gasteiger partial charge in [-0.1, -0.05) is 12.1 Å². The second-order valence-electron chi connectivity index (χ2n) is 4.13. The number of carbonyl (C=O) groups is 2. The molecule has 2 amide bonds. The summed E-state index contributed by atoms with van der Waals surface area (Å²) < 4.78 is 0. The summed E-state index contributed by atoms with van der Waals surface area (Å²) in [5, 5.41) is 5.51. The van der Waals surface area contributed by atoms with Gasteiger partial charge in [0.25, 0.3) is 0 Å². The van der Waals surface area contributed by atoms with Crippen LogP contribution in [0.25, 0.3) is 0 Å². The third kappa shape index (κ3) is 3.74. The molecule has 0 aliphatic carbocycles. The number of alkyl halides is 1. The van der Waals surface area contributed by atoms with Gasteiger partial charge in [-0.3, -0.25) is 9.59 Å². The molecule has 1 rings (SSSR count). The second kappa shape index (κ2) is 6.40. The van der Waals surface area contributed by atoms with Crippen LogP contribution >= 0.6 is 11.6 Å². The molecule has 0 bridgehead atoms. The normalized spacial score (nSPS) is 10.0. The fourth-order valence-electron chi connectivity index (χ4n) is 1.69. The molecule has 0 fully saturated rings. The van der Waals surface area contributed by atoms with Crippen LogP contribution in [0.3, 0.4) is 0 Å². The molecule has 0 aliphatic rings. The molecule has 0 saturated carbocycles. The molecule has 0 aliphatic heterocycles. The fraction of sp³-hybridized carbons (Fsp3) is 0.385. The first-order valence-electron chi connectivity index (χ1n) is 5.65. The summed E-state index contributed by atoms with van der Waals surface area (Å²) in [5.74, 6) is -0.371. The Morgan fingerprint density at radius 3 is 2.50 bits per heavy atom. The van der Waals surface area contributed by atoms with Gasteiger partial charge in [-0.2, -0.15) is 0 Å². The number of anilines is 1. The van der Waals surface area contributed by atoms with E-state index in [9.17, 15) is 9.59 Å². The van der Waals surface area contributed by atoms with Gasteiger partial charge in [0.15, 0.2) is 0 Å². The second-order valence-corrected chi connectivity index (χ2v) is 4.40. The van der Waals surface area contributed by atoms with E-state index in [4.69, 9.17) is 11.6 Å². The van der Waals surface area contributed by atoms with Crippen LogP contribution in [0.4, 0.5) is 5.69 Å². The lowest BCUT2D eigenvalue weighted by molar-refractivity contribution is -0.119. The van der Waals surface area contributed by atoms with Crippen LogP contribution < -0.4 is 10.6 Å². The summed E-state index contributed by atoms with van der Waals surface area (Å²) in [4.78, 5) is 22.3. The molecule has 0 spiro atoms. The number of amides is 2. The van der Waals surface area contributed by atoms with E-state index in [0.717, 1.165) is 22.4 Å². The Morgan fingerprint density at radius 1 is 1.28 bits per heavy atom. The Balaban J connectivity index is 2.93. The van der Waals surface area contributed by atoms with Crippen molar-refractivity contribution in [3.63, 3.8) is 0 Å². The van der Waals surface area contributed by atoms with Crippen LogP contribution in [0, 0.1) is 13.8 Å². The summed E-state index contributed by atoms with van der Waals surface area (Å²) in [7, 11) is 0. The molecule has 0 heterocycles. The number of hydrogen-bond acceptors (Lipinski definition) is 2. The maximum absolute atomic E-state index is 11.1. The van der Waals surface area contributed by atoms with Crippen molar-refractivity contribution >= 4 is 29.1 Å². The molecular formula is C13H17ClN2O2. The molecule has 1 aromatic carbocycles. The van der Waals surface area contributed by atoms with Crippen molar-refractivity contribution in [1.82, 2.24) is 5.32 Å². The predicted molar refractivity (Wildman–Crippen MR) is 72.8 cm³/mol. The Hall–Kier alpha value is -1.55. The first kappa shape index (κ1) is 14.5. The maximum atomic E-state index is 11.1. The molecule has 18 heavy (non-hydrogen) atoms. The van der Waals surface area contributed by atoms with E-state index >= 15 is 0 Å². The van der Waals surface area contributed by atoms with Gasteiger partial charge < -0.3 is 10.6 Å². The van der Waals surface area contributed by atoms with E-state index < -0.39 is 0 Å². The van der Waals surface area contributed by atoms with Crippen molar-refractivity contribution < 1.29 is 9.59 Å².